The first-order valence-electron chi connectivity index (χ1n) is 5.74. The second kappa shape index (κ2) is 5.78. The van der Waals surface area contributed by atoms with E-state index in [0.717, 1.165) is 25.7 Å². The van der Waals surface area contributed by atoms with E-state index < -0.39 is 24.0 Å². The summed E-state index contributed by atoms with van der Waals surface area (Å²) >= 11 is 0. The van der Waals surface area contributed by atoms with Crippen molar-refractivity contribution in [3.8, 4) is 0 Å². The molecule has 2 N–H and O–H groups in total. The summed E-state index contributed by atoms with van der Waals surface area (Å²) in [6.45, 7) is 1.17. The fraction of sp³-hybridized carbons (Fsp3) is 0.818. The van der Waals surface area contributed by atoms with Gasteiger partial charge >= 0.3 is 11.9 Å². The van der Waals surface area contributed by atoms with Crippen LogP contribution in [-0.2, 0) is 14.3 Å². The zero-order chi connectivity index (χ0) is 13.1. The first-order chi connectivity index (χ1) is 7.83. The van der Waals surface area contributed by atoms with E-state index in [1.165, 1.54) is 6.92 Å². The third-order valence-electron chi connectivity index (χ3n) is 2.95. The third-order valence-corrected chi connectivity index (χ3v) is 3.71. The van der Waals surface area contributed by atoms with Gasteiger partial charge in [-0.15, -0.1) is 9.24 Å². The third kappa shape index (κ3) is 4.25. The molecule has 5 nitrogen and oxygen atoms in total. The van der Waals surface area contributed by atoms with Crippen LogP contribution < -0.4 is 0 Å². The molecule has 98 valence electrons. The summed E-state index contributed by atoms with van der Waals surface area (Å²) in [7, 11) is 2.64. The Morgan fingerprint density at radius 2 is 2.00 bits per heavy atom. The van der Waals surface area contributed by atoms with Crippen molar-refractivity contribution in [3.05, 3.63) is 0 Å². The number of carboxylic acid groups (broad SMARTS) is 1. The molecular formula is C11H19O5P. The van der Waals surface area contributed by atoms with Crippen LogP contribution in [-0.4, -0.2) is 39.5 Å². The Labute approximate surface area is 103 Å². The van der Waals surface area contributed by atoms with Gasteiger partial charge in [0.15, 0.2) is 5.60 Å². The minimum Gasteiger partial charge on any atom is -0.481 e. The molecule has 0 aliphatic heterocycles. The van der Waals surface area contributed by atoms with Crippen LogP contribution in [0.15, 0.2) is 0 Å². The number of carbonyl (C=O) groups is 2. The average molecular weight is 262 g/mol. The molecule has 4 atom stereocenters. The van der Waals surface area contributed by atoms with Gasteiger partial charge in [0.1, 0.15) is 6.10 Å². The average Bonchev–Trinajstić information content (AvgIpc) is 2.19. The van der Waals surface area contributed by atoms with Crippen LogP contribution in [0, 0.1) is 0 Å². The molecule has 1 fully saturated rings. The summed E-state index contributed by atoms with van der Waals surface area (Å²) in [5, 5.41) is 18.3. The molecule has 1 saturated carbocycles. The molecule has 0 aromatic heterocycles. The molecule has 0 bridgehead atoms. The van der Waals surface area contributed by atoms with Gasteiger partial charge in [0, 0.05) is 5.66 Å². The Kier molecular flexibility index (Phi) is 4.90. The number of esters is 1. The van der Waals surface area contributed by atoms with Gasteiger partial charge in [-0.2, -0.15) is 0 Å². The standard InChI is InChI=1S/C11H19O5P/c1-11(15,6-9(12)13)10(14)16-7-4-2-3-5-8(7)17/h7-8,15H,2-6,17H2,1H3,(H,12,13)/t7?,8?,11-/m0/s1. The Balaban J connectivity index is 2.55. The summed E-state index contributed by atoms with van der Waals surface area (Å²) in [5.41, 5.74) is -1.76. The van der Waals surface area contributed by atoms with Crippen molar-refractivity contribution < 1.29 is 24.5 Å². The zero-order valence-corrected chi connectivity index (χ0v) is 11.0. The molecule has 6 heteroatoms. The van der Waals surface area contributed by atoms with E-state index in [-0.39, 0.29) is 11.8 Å². The van der Waals surface area contributed by atoms with E-state index in [0.29, 0.717) is 0 Å². The van der Waals surface area contributed by atoms with E-state index in [4.69, 9.17) is 9.84 Å². The first kappa shape index (κ1) is 14.4. The van der Waals surface area contributed by atoms with E-state index >= 15 is 0 Å². The van der Waals surface area contributed by atoms with Crippen molar-refractivity contribution in [3.63, 3.8) is 0 Å². The van der Waals surface area contributed by atoms with Crippen LogP contribution in [0.2, 0.25) is 0 Å². The molecule has 0 spiro atoms. The number of carbonyl (C=O) groups excluding carboxylic acids is 1. The fourth-order valence-electron chi connectivity index (χ4n) is 1.90. The second-order valence-corrected chi connectivity index (χ2v) is 5.59. The molecule has 0 amide bonds. The zero-order valence-electron chi connectivity index (χ0n) is 9.89. The van der Waals surface area contributed by atoms with Crippen LogP contribution in [0.4, 0.5) is 0 Å². The quantitative estimate of drug-likeness (QED) is 0.582. The van der Waals surface area contributed by atoms with E-state index in [1.807, 2.05) is 0 Å². The van der Waals surface area contributed by atoms with Crippen LogP contribution in [0.5, 0.6) is 0 Å². The van der Waals surface area contributed by atoms with Gasteiger partial charge in [-0.3, -0.25) is 4.79 Å². The van der Waals surface area contributed by atoms with Crippen molar-refractivity contribution in [2.75, 3.05) is 0 Å². The topological polar surface area (TPSA) is 83.8 Å². The summed E-state index contributed by atoms with van der Waals surface area (Å²) in [4.78, 5) is 22.2. The summed E-state index contributed by atoms with van der Waals surface area (Å²) in [6, 6.07) is 0. The molecule has 0 heterocycles. The molecule has 3 unspecified atom stereocenters. The minimum atomic E-state index is -1.95. The van der Waals surface area contributed by atoms with Gasteiger partial charge in [0.25, 0.3) is 0 Å². The SMILES string of the molecule is C[C@](O)(CC(=O)O)C(=O)OC1CCCCC1P. The van der Waals surface area contributed by atoms with Crippen LogP contribution in [0.1, 0.15) is 39.0 Å². The monoisotopic (exact) mass is 262 g/mol. The van der Waals surface area contributed by atoms with Gasteiger partial charge in [0.05, 0.1) is 6.42 Å². The number of rotatable bonds is 4. The molecule has 1 rings (SSSR count). The largest absolute Gasteiger partial charge is 0.481 e. The smallest absolute Gasteiger partial charge is 0.338 e. The summed E-state index contributed by atoms with van der Waals surface area (Å²) in [6.07, 6.45) is 2.95. The minimum absolute atomic E-state index is 0.188. The van der Waals surface area contributed by atoms with Gasteiger partial charge < -0.3 is 14.9 Å². The second-order valence-electron chi connectivity index (χ2n) is 4.74. The van der Waals surface area contributed by atoms with Gasteiger partial charge in [0.2, 0.25) is 0 Å². The predicted molar refractivity (Wildman–Crippen MR) is 64.7 cm³/mol. The first-order valence-corrected chi connectivity index (χ1v) is 6.40. The molecule has 0 aromatic carbocycles. The van der Waals surface area contributed by atoms with Crippen LogP contribution in [0.3, 0.4) is 0 Å². The van der Waals surface area contributed by atoms with Crippen LogP contribution in [0.25, 0.3) is 0 Å². The molecule has 1 aliphatic rings. The summed E-state index contributed by atoms with van der Waals surface area (Å²) < 4.78 is 5.20. The Morgan fingerprint density at radius 1 is 1.41 bits per heavy atom. The summed E-state index contributed by atoms with van der Waals surface area (Å²) in [5.74, 6) is -2.07. The van der Waals surface area contributed by atoms with Crippen molar-refractivity contribution in [2.24, 2.45) is 0 Å². The molecule has 17 heavy (non-hydrogen) atoms. The molecular weight excluding hydrogens is 243 g/mol. The lowest BCUT2D eigenvalue weighted by molar-refractivity contribution is -0.174. The number of hydrogen-bond donors (Lipinski definition) is 2. The lowest BCUT2D eigenvalue weighted by Crippen LogP contribution is -2.43. The van der Waals surface area contributed by atoms with Crippen molar-refractivity contribution in [1.82, 2.24) is 0 Å². The normalized spacial score (nSPS) is 28.2. The van der Waals surface area contributed by atoms with Crippen molar-refractivity contribution in [1.29, 1.82) is 0 Å². The Morgan fingerprint density at radius 3 is 2.53 bits per heavy atom. The molecule has 0 saturated heterocycles. The number of aliphatic hydroxyl groups is 1. The molecule has 0 radical (unpaired) electrons. The highest BCUT2D eigenvalue weighted by atomic mass is 31.0. The number of ether oxygens (including phenoxy) is 1. The Hall–Kier alpha value is -0.670. The van der Waals surface area contributed by atoms with Gasteiger partial charge in [-0.1, -0.05) is 6.42 Å². The van der Waals surface area contributed by atoms with Gasteiger partial charge in [-0.25, -0.2) is 4.79 Å². The van der Waals surface area contributed by atoms with Crippen molar-refractivity contribution >= 4 is 21.2 Å². The molecule has 0 aromatic rings. The molecule has 1 aliphatic carbocycles. The highest BCUT2D eigenvalue weighted by molar-refractivity contribution is 7.17. The van der Waals surface area contributed by atoms with E-state index in [9.17, 15) is 14.7 Å². The fourth-order valence-corrected chi connectivity index (χ4v) is 2.41. The lowest BCUT2D eigenvalue weighted by atomic mass is 9.96. The van der Waals surface area contributed by atoms with Crippen LogP contribution >= 0.6 is 9.24 Å². The maximum absolute atomic E-state index is 11.7. The van der Waals surface area contributed by atoms with Gasteiger partial charge in [-0.05, 0) is 26.2 Å². The number of aliphatic carboxylic acids is 1. The lowest BCUT2D eigenvalue weighted by Gasteiger charge is -2.30. The Bertz CT molecular complexity index is 302. The van der Waals surface area contributed by atoms with Crippen molar-refractivity contribution in [2.45, 2.75) is 56.4 Å². The highest BCUT2D eigenvalue weighted by Crippen LogP contribution is 2.28. The maximum atomic E-state index is 11.7. The maximum Gasteiger partial charge on any atom is 0.338 e. The predicted octanol–water partition coefficient (Wildman–Crippen LogP) is 0.942. The van der Waals surface area contributed by atoms with E-state index in [1.54, 1.807) is 0 Å². The number of hydrogen-bond acceptors (Lipinski definition) is 4. The van der Waals surface area contributed by atoms with E-state index in [2.05, 4.69) is 9.24 Å². The highest BCUT2D eigenvalue weighted by Gasteiger charge is 2.37. The number of carboxylic acids is 1.